The summed E-state index contributed by atoms with van der Waals surface area (Å²) in [6.07, 6.45) is 5.75. The highest BCUT2D eigenvalue weighted by atomic mass is 32.1. The summed E-state index contributed by atoms with van der Waals surface area (Å²) in [4.78, 5) is 26.9. The number of thiocarbonyl (C=S) groups is 1. The standard InChI is InChI=1S/C19H21NO3S/c1-4-15-17(21)16(18(22)20(5-2)19(15)24)8-6-7-13-9-11-14(23-3)12-10-13/h6-12,15H,4-5H2,1-3H3. The number of ether oxygens (including phenoxy) is 1. The molecule has 1 aliphatic heterocycles. The first-order valence-corrected chi connectivity index (χ1v) is 8.36. The second-order valence-corrected chi connectivity index (χ2v) is 5.84. The number of hydrogen-bond donors (Lipinski definition) is 0. The number of carbonyl (C=O) groups is 2. The van der Waals surface area contributed by atoms with E-state index in [4.69, 9.17) is 17.0 Å². The number of rotatable bonds is 5. The lowest BCUT2D eigenvalue weighted by Crippen LogP contribution is -2.49. The fourth-order valence-corrected chi connectivity index (χ4v) is 3.11. The van der Waals surface area contributed by atoms with Gasteiger partial charge in [0.05, 0.1) is 23.6 Å². The van der Waals surface area contributed by atoms with E-state index in [1.165, 1.54) is 4.90 Å². The molecule has 5 heteroatoms. The summed E-state index contributed by atoms with van der Waals surface area (Å²) in [5.41, 5.74) is 1.15. The minimum atomic E-state index is -0.390. The number of benzene rings is 1. The molecule has 1 aromatic rings. The van der Waals surface area contributed by atoms with E-state index in [1.807, 2.05) is 44.2 Å². The minimum Gasteiger partial charge on any atom is -0.497 e. The summed E-state index contributed by atoms with van der Waals surface area (Å²) >= 11 is 5.29. The number of methoxy groups -OCH3 is 1. The van der Waals surface area contributed by atoms with Crippen LogP contribution in [0.3, 0.4) is 0 Å². The van der Waals surface area contributed by atoms with Gasteiger partial charge in [0.1, 0.15) is 5.75 Å². The van der Waals surface area contributed by atoms with Gasteiger partial charge in [0.15, 0.2) is 5.78 Å². The molecule has 24 heavy (non-hydrogen) atoms. The number of hydrogen-bond acceptors (Lipinski definition) is 4. The van der Waals surface area contributed by atoms with Crippen molar-refractivity contribution in [1.82, 2.24) is 4.90 Å². The lowest BCUT2D eigenvalue weighted by molar-refractivity contribution is -0.129. The summed E-state index contributed by atoms with van der Waals surface area (Å²) in [5.74, 6) is -0.104. The van der Waals surface area contributed by atoms with Crippen molar-refractivity contribution in [3.8, 4) is 5.75 Å². The van der Waals surface area contributed by atoms with Crippen LogP contribution in [0, 0.1) is 5.92 Å². The second kappa shape index (κ2) is 8.02. The third-order valence-electron chi connectivity index (χ3n) is 4.01. The average Bonchev–Trinajstić information content (AvgIpc) is 2.59. The molecule has 0 saturated carbocycles. The molecular formula is C19H21NO3S. The molecule has 1 fully saturated rings. The maximum absolute atomic E-state index is 12.5. The molecule has 1 saturated heterocycles. The molecule has 1 atom stereocenters. The SMILES string of the molecule is CCC1C(=O)C(=CC=Cc2ccc(OC)cc2)C(=O)N(CC)C1=S. The quantitative estimate of drug-likeness (QED) is 0.467. The zero-order valence-electron chi connectivity index (χ0n) is 14.1. The van der Waals surface area contributed by atoms with E-state index in [0.717, 1.165) is 11.3 Å². The van der Waals surface area contributed by atoms with Gasteiger partial charge in [-0.05, 0) is 37.1 Å². The zero-order chi connectivity index (χ0) is 17.7. The van der Waals surface area contributed by atoms with Crippen LogP contribution in [0.2, 0.25) is 0 Å². The van der Waals surface area contributed by atoms with Crippen LogP contribution >= 0.6 is 12.2 Å². The summed E-state index contributed by atoms with van der Waals surface area (Å²) in [5, 5.41) is 0. The van der Waals surface area contributed by atoms with Gasteiger partial charge >= 0.3 is 0 Å². The van der Waals surface area contributed by atoms with Gasteiger partial charge in [-0.15, -0.1) is 0 Å². The molecule has 0 radical (unpaired) electrons. The van der Waals surface area contributed by atoms with Gasteiger partial charge in [0, 0.05) is 6.54 Å². The fourth-order valence-electron chi connectivity index (χ4n) is 2.62. The van der Waals surface area contributed by atoms with E-state index in [0.29, 0.717) is 18.0 Å². The first-order chi connectivity index (χ1) is 11.5. The maximum Gasteiger partial charge on any atom is 0.262 e. The summed E-state index contributed by atoms with van der Waals surface area (Å²) in [6.45, 7) is 4.24. The first-order valence-electron chi connectivity index (χ1n) is 7.95. The molecule has 4 nitrogen and oxygen atoms in total. The third kappa shape index (κ3) is 3.62. The molecule has 1 aromatic carbocycles. The van der Waals surface area contributed by atoms with E-state index in [9.17, 15) is 9.59 Å². The summed E-state index contributed by atoms with van der Waals surface area (Å²) in [7, 11) is 1.61. The Morgan fingerprint density at radius 2 is 1.88 bits per heavy atom. The smallest absolute Gasteiger partial charge is 0.262 e. The fraction of sp³-hybridized carbons (Fsp3) is 0.316. The van der Waals surface area contributed by atoms with Gasteiger partial charge < -0.3 is 9.64 Å². The molecule has 0 aromatic heterocycles. The number of carbonyl (C=O) groups excluding carboxylic acids is 2. The number of ketones is 1. The molecule has 126 valence electrons. The number of nitrogens with zero attached hydrogens (tertiary/aromatic N) is 1. The molecule has 1 aliphatic rings. The highest BCUT2D eigenvalue weighted by Crippen LogP contribution is 2.24. The monoisotopic (exact) mass is 343 g/mol. The highest BCUT2D eigenvalue weighted by Gasteiger charge is 2.39. The number of Topliss-reactive ketones (excluding diaryl/α,β-unsaturated/α-hetero) is 1. The Bertz CT molecular complexity index is 676. The normalized spacial score (nSPS) is 20.3. The minimum absolute atomic E-state index is 0.184. The molecule has 1 unspecified atom stereocenters. The van der Waals surface area contributed by atoms with Crippen LogP contribution in [0.5, 0.6) is 5.75 Å². The Hall–Kier alpha value is -2.27. The van der Waals surface area contributed by atoms with Crippen molar-refractivity contribution in [2.75, 3.05) is 13.7 Å². The first kappa shape index (κ1) is 18.1. The van der Waals surface area contributed by atoms with Crippen LogP contribution in [-0.2, 0) is 9.59 Å². The van der Waals surface area contributed by atoms with Gasteiger partial charge in [-0.3, -0.25) is 9.59 Å². The Balaban J connectivity index is 2.25. The average molecular weight is 343 g/mol. The van der Waals surface area contributed by atoms with Crippen molar-refractivity contribution in [1.29, 1.82) is 0 Å². The van der Waals surface area contributed by atoms with Crippen molar-refractivity contribution in [2.24, 2.45) is 5.92 Å². The predicted molar refractivity (Wildman–Crippen MR) is 98.9 cm³/mol. The van der Waals surface area contributed by atoms with Crippen molar-refractivity contribution in [2.45, 2.75) is 20.3 Å². The molecule has 1 heterocycles. The van der Waals surface area contributed by atoms with E-state index >= 15 is 0 Å². The van der Waals surface area contributed by atoms with Crippen LogP contribution in [-0.4, -0.2) is 35.2 Å². The van der Waals surface area contributed by atoms with Gasteiger partial charge in [-0.1, -0.05) is 43.4 Å². The van der Waals surface area contributed by atoms with Crippen molar-refractivity contribution < 1.29 is 14.3 Å². The second-order valence-electron chi connectivity index (χ2n) is 5.43. The number of piperidine rings is 1. The Morgan fingerprint density at radius 1 is 1.21 bits per heavy atom. The van der Waals surface area contributed by atoms with Gasteiger partial charge in [0.25, 0.3) is 5.91 Å². The van der Waals surface area contributed by atoms with Crippen LogP contribution in [0.1, 0.15) is 25.8 Å². The van der Waals surface area contributed by atoms with Crippen molar-refractivity contribution >= 4 is 35.0 Å². The van der Waals surface area contributed by atoms with Gasteiger partial charge in [0.2, 0.25) is 0 Å². The van der Waals surface area contributed by atoms with Crippen LogP contribution < -0.4 is 4.74 Å². The van der Waals surface area contributed by atoms with Crippen LogP contribution in [0.25, 0.3) is 6.08 Å². The molecule has 0 aliphatic carbocycles. The highest BCUT2D eigenvalue weighted by molar-refractivity contribution is 7.80. The Labute approximate surface area is 147 Å². The largest absolute Gasteiger partial charge is 0.497 e. The predicted octanol–water partition coefficient (Wildman–Crippen LogP) is 3.42. The number of likely N-dealkylation sites (tertiary alicyclic amines) is 1. The lowest BCUT2D eigenvalue weighted by atomic mass is 9.89. The number of allylic oxidation sites excluding steroid dienone is 2. The number of amides is 1. The molecule has 2 rings (SSSR count). The van der Waals surface area contributed by atoms with Crippen LogP contribution in [0.4, 0.5) is 0 Å². The molecule has 0 bridgehead atoms. The Morgan fingerprint density at radius 3 is 2.42 bits per heavy atom. The van der Waals surface area contributed by atoms with Crippen molar-refractivity contribution in [3.63, 3.8) is 0 Å². The maximum atomic E-state index is 12.5. The van der Waals surface area contributed by atoms with Crippen molar-refractivity contribution in [3.05, 3.63) is 47.6 Å². The lowest BCUT2D eigenvalue weighted by Gasteiger charge is -2.32. The summed E-state index contributed by atoms with van der Waals surface area (Å²) < 4.78 is 5.11. The van der Waals surface area contributed by atoms with Gasteiger partial charge in [-0.25, -0.2) is 0 Å². The van der Waals surface area contributed by atoms with E-state index in [1.54, 1.807) is 19.3 Å². The molecule has 0 N–H and O–H groups in total. The van der Waals surface area contributed by atoms with E-state index in [-0.39, 0.29) is 17.3 Å². The number of likely N-dealkylation sites (N-methyl/N-ethyl adjacent to an activating group) is 1. The van der Waals surface area contributed by atoms with E-state index < -0.39 is 5.92 Å². The summed E-state index contributed by atoms with van der Waals surface area (Å²) in [6, 6.07) is 7.52. The zero-order valence-corrected chi connectivity index (χ0v) is 14.9. The Kier molecular flexibility index (Phi) is 6.04. The molecular weight excluding hydrogens is 322 g/mol. The van der Waals surface area contributed by atoms with Gasteiger partial charge in [-0.2, -0.15) is 0 Å². The van der Waals surface area contributed by atoms with E-state index in [2.05, 4.69) is 0 Å². The molecule has 0 spiro atoms. The topological polar surface area (TPSA) is 46.6 Å². The van der Waals surface area contributed by atoms with Crippen LogP contribution in [0.15, 0.2) is 42.0 Å². The third-order valence-corrected chi connectivity index (χ3v) is 4.52. The molecule has 1 amide bonds.